The maximum atomic E-state index is 6.03. The molecule has 5 nitrogen and oxygen atoms in total. The van der Waals surface area contributed by atoms with Gasteiger partial charge in [0.1, 0.15) is 0 Å². The molecule has 0 aromatic heterocycles. The Bertz CT molecular complexity index is 556. The molecule has 0 unspecified atom stereocenters. The zero-order valence-electron chi connectivity index (χ0n) is 15.8. The third-order valence-electron chi connectivity index (χ3n) is 4.80. The van der Waals surface area contributed by atoms with E-state index in [2.05, 4.69) is 41.4 Å². The molecule has 0 atom stereocenters. The van der Waals surface area contributed by atoms with Crippen molar-refractivity contribution in [2.75, 3.05) is 32.8 Å². The minimum atomic E-state index is 0. The van der Waals surface area contributed by atoms with Crippen LogP contribution in [0, 0.1) is 0 Å². The molecule has 0 saturated carbocycles. The Balaban J connectivity index is 0.00000243. The van der Waals surface area contributed by atoms with Crippen LogP contribution in [-0.2, 0) is 22.6 Å². The quantitative estimate of drug-likeness (QED) is 0.390. The van der Waals surface area contributed by atoms with Gasteiger partial charge in [-0.05, 0) is 43.7 Å². The highest BCUT2D eigenvalue weighted by atomic mass is 127. The van der Waals surface area contributed by atoms with E-state index in [-0.39, 0.29) is 24.0 Å². The summed E-state index contributed by atoms with van der Waals surface area (Å²) >= 11 is 0. The molecule has 1 aromatic carbocycles. The van der Waals surface area contributed by atoms with Gasteiger partial charge in [0.25, 0.3) is 0 Å². The normalized spacial score (nSPS) is 18.7. The molecule has 2 aliphatic rings. The van der Waals surface area contributed by atoms with Crippen molar-refractivity contribution in [3.05, 3.63) is 35.4 Å². The number of nitrogens with zero attached hydrogens (tertiary/aromatic N) is 2. The van der Waals surface area contributed by atoms with E-state index in [1.807, 2.05) is 0 Å². The summed E-state index contributed by atoms with van der Waals surface area (Å²) < 4.78 is 11.4. The van der Waals surface area contributed by atoms with Gasteiger partial charge in [-0.15, -0.1) is 24.0 Å². The van der Waals surface area contributed by atoms with E-state index in [0.29, 0.717) is 19.3 Å². The summed E-state index contributed by atoms with van der Waals surface area (Å²) in [6.07, 6.45) is 4.89. The Kier molecular flexibility index (Phi) is 9.71. The first-order chi connectivity index (χ1) is 12.3. The fourth-order valence-corrected chi connectivity index (χ4v) is 3.40. The molecule has 1 N–H and O–H groups in total. The van der Waals surface area contributed by atoms with Gasteiger partial charge in [0, 0.05) is 32.8 Å². The topological polar surface area (TPSA) is 46.1 Å². The SMILES string of the molecule is CCNC(=NCc1cccc(COC2CCOCC2)c1)N1CCCC1.I. The Labute approximate surface area is 174 Å². The van der Waals surface area contributed by atoms with E-state index in [1.165, 1.54) is 24.0 Å². The van der Waals surface area contributed by atoms with Crippen LogP contribution in [0.15, 0.2) is 29.3 Å². The molecular formula is C20H32IN3O2. The largest absolute Gasteiger partial charge is 0.381 e. The number of aliphatic imine (C=N–C) groups is 1. The lowest BCUT2D eigenvalue weighted by Gasteiger charge is -2.22. The van der Waals surface area contributed by atoms with Gasteiger partial charge in [-0.2, -0.15) is 0 Å². The molecule has 0 spiro atoms. The number of rotatable bonds is 6. The number of hydrogen-bond acceptors (Lipinski definition) is 3. The minimum Gasteiger partial charge on any atom is -0.381 e. The van der Waals surface area contributed by atoms with Gasteiger partial charge in [-0.3, -0.25) is 0 Å². The van der Waals surface area contributed by atoms with Gasteiger partial charge in [-0.1, -0.05) is 24.3 Å². The Morgan fingerprint density at radius 3 is 2.69 bits per heavy atom. The Morgan fingerprint density at radius 1 is 1.23 bits per heavy atom. The Hall–Kier alpha value is -0.860. The number of benzene rings is 1. The van der Waals surface area contributed by atoms with Crippen LogP contribution in [0.3, 0.4) is 0 Å². The van der Waals surface area contributed by atoms with Gasteiger partial charge >= 0.3 is 0 Å². The van der Waals surface area contributed by atoms with Gasteiger partial charge in [-0.25, -0.2) is 4.99 Å². The summed E-state index contributed by atoms with van der Waals surface area (Å²) in [7, 11) is 0. The molecule has 2 fully saturated rings. The van der Waals surface area contributed by atoms with Crippen LogP contribution in [0.4, 0.5) is 0 Å². The zero-order chi connectivity index (χ0) is 17.3. The first-order valence-corrected chi connectivity index (χ1v) is 9.65. The average molecular weight is 473 g/mol. The van der Waals surface area contributed by atoms with E-state index in [1.54, 1.807) is 0 Å². The maximum Gasteiger partial charge on any atom is 0.194 e. The summed E-state index contributed by atoms with van der Waals surface area (Å²) in [6, 6.07) is 8.61. The molecule has 146 valence electrons. The number of halogens is 1. The first-order valence-electron chi connectivity index (χ1n) is 9.65. The van der Waals surface area contributed by atoms with Crippen molar-refractivity contribution in [3.8, 4) is 0 Å². The molecule has 0 bridgehead atoms. The number of hydrogen-bond donors (Lipinski definition) is 1. The van der Waals surface area contributed by atoms with Crippen molar-refractivity contribution in [1.29, 1.82) is 0 Å². The second kappa shape index (κ2) is 11.8. The molecular weight excluding hydrogens is 441 g/mol. The van der Waals surface area contributed by atoms with Gasteiger partial charge in [0.2, 0.25) is 0 Å². The zero-order valence-corrected chi connectivity index (χ0v) is 18.1. The summed E-state index contributed by atoms with van der Waals surface area (Å²) in [6.45, 7) is 8.30. The summed E-state index contributed by atoms with van der Waals surface area (Å²) in [4.78, 5) is 7.19. The molecule has 6 heteroatoms. The van der Waals surface area contributed by atoms with Crippen molar-refractivity contribution in [2.45, 2.75) is 51.9 Å². The molecule has 2 saturated heterocycles. The highest BCUT2D eigenvalue weighted by molar-refractivity contribution is 14.0. The van der Waals surface area contributed by atoms with E-state index < -0.39 is 0 Å². The lowest BCUT2D eigenvalue weighted by molar-refractivity contribution is -0.0390. The highest BCUT2D eigenvalue weighted by Gasteiger charge is 2.16. The molecule has 1 aromatic rings. The van der Waals surface area contributed by atoms with Crippen molar-refractivity contribution >= 4 is 29.9 Å². The number of ether oxygens (including phenoxy) is 2. The van der Waals surface area contributed by atoms with Crippen LogP contribution >= 0.6 is 24.0 Å². The molecule has 0 radical (unpaired) electrons. The van der Waals surface area contributed by atoms with Crippen LogP contribution in [0.5, 0.6) is 0 Å². The smallest absolute Gasteiger partial charge is 0.194 e. The highest BCUT2D eigenvalue weighted by Crippen LogP contribution is 2.15. The fourth-order valence-electron chi connectivity index (χ4n) is 3.40. The van der Waals surface area contributed by atoms with Gasteiger partial charge in [0.15, 0.2) is 5.96 Å². The third-order valence-corrected chi connectivity index (χ3v) is 4.80. The van der Waals surface area contributed by atoms with Crippen LogP contribution in [0.2, 0.25) is 0 Å². The second-order valence-corrected chi connectivity index (χ2v) is 6.81. The van der Waals surface area contributed by atoms with Crippen LogP contribution in [0.1, 0.15) is 43.7 Å². The molecule has 3 rings (SSSR count). The van der Waals surface area contributed by atoms with Gasteiger partial charge in [0.05, 0.1) is 19.3 Å². The maximum absolute atomic E-state index is 6.03. The second-order valence-electron chi connectivity index (χ2n) is 6.81. The molecule has 26 heavy (non-hydrogen) atoms. The van der Waals surface area contributed by atoms with E-state index in [4.69, 9.17) is 14.5 Å². The van der Waals surface area contributed by atoms with Crippen molar-refractivity contribution in [1.82, 2.24) is 10.2 Å². The molecule has 0 amide bonds. The predicted molar refractivity (Wildman–Crippen MR) is 116 cm³/mol. The van der Waals surface area contributed by atoms with Crippen LogP contribution < -0.4 is 5.32 Å². The standard InChI is InChI=1S/C20H31N3O2.HI/c1-2-21-20(23-10-3-4-11-23)22-15-17-6-5-7-18(14-17)16-25-19-8-12-24-13-9-19;/h5-7,14,19H,2-4,8-13,15-16H2,1H3,(H,21,22);1H. The average Bonchev–Trinajstić information content (AvgIpc) is 3.19. The lowest BCUT2D eigenvalue weighted by Crippen LogP contribution is -2.39. The van der Waals surface area contributed by atoms with Gasteiger partial charge < -0.3 is 19.7 Å². The van der Waals surface area contributed by atoms with Crippen molar-refractivity contribution in [2.24, 2.45) is 4.99 Å². The molecule has 0 aliphatic carbocycles. The molecule has 2 aliphatic heterocycles. The lowest BCUT2D eigenvalue weighted by atomic mass is 10.1. The van der Waals surface area contributed by atoms with E-state index in [9.17, 15) is 0 Å². The van der Waals surface area contributed by atoms with Crippen molar-refractivity contribution < 1.29 is 9.47 Å². The van der Waals surface area contributed by atoms with E-state index >= 15 is 0 Å². The van der Waals surface area contributed by atoms with Crippen molar-refractivity contribution in [3.63, 3.8) is 0 Å². The minimum absolute atomic E-state index is 0. The van der Waals surface area contributed by atoms with E-state index in [0.717, 1.165) is 51.6 Å². The summed E-state index contributed by atoms with van der Waals surface area (Å²) in [5.74, 6) is 1.05. The summed E-state index contributed by atoms with van der Waals surface area (Å²) in [5, 5.41) is 3.42. The molecule has 2 heterocycles. The number of likely N-dealkylation sites (tertiary alicyclic amines) is 1. The van der Waals surface area contributed by atoms with Crippen LogP contribution in [0.25, 0.3) is 0 Å². The first kappa shape index (κ1) is 21.4. The Morgan fingerprint density at radius 2 is 1.96 bits per heavy atom. The predicted octanol–water partition coefficient (Wildman–Crippen LogP) is 3.56. The third kappa shape index (κ3) is 6.70. The van der Waals surface area contributed by atoms with Crippen LogP contribution in [-0.4, -0.2) is 49.8 Å². The number of nitrogens with one attached hydrogen (secondary N) is 1. The monoisotopic (exact) mass is 473 g/mol. The fraction of sp³-hybridized carbons (Fsp3) is 0.650. The number of guanidine groups is 1. The summed E-state index contributed by atoms with van der Waals surface area (Å²) in [5.41, 5.74) is 2.47.